The summed E-state index contributed by atoms with van der Waals surface area (Å²) in [7, 11) is 1.66. The summed E-state index contributed by atoms with van der Waals surface area (Å²) in [6.07, 6.45) is 1.90. The normalized spacial score (nSPS) is 11.3. The molecule has 18 heavy (non-hydrogen) atoms. The summed E-state index contributed by atoms with van der Waals surface area (Å²) in [6, 6.07) is 4.89. The molecule has 0 radical (unpaired) electrons. The molecule has 1 aromatic heterocycles. The molecule has 0 saturated heterocycles. The number of likely N-dealkylation sites (N-methyl/N-ethyl adjacent to an activating group) is 1. The molecule has 1 rings (SSSR count). The van der Waals surface area contributed by atoms with Crippen molar-refractivity contribution in [3.63, 3.8) is 0 Å². The highest BCUT2D eigenvalue weighted by atomic mass is 16.3. The molecule has 0 saturated carbocycles. The van der Waals surface area contributed by atoms with E-state index in [0.717, 1.165) is 0 Å². The average Bonchev–Trinajstić information content (AvgIpc) is 2.36. The maximum absolute atomic E-state index is 11.9. The SMILES string of the molecule is CN(C(=O)CCn1ccccc1=O)C(C)(C)CO. The Labute approximate surface area is 107 Å². The van der Waals surface area contributed by atoms with Crippen LogP contribution >= 0.6 is 0 Å². The molecule has 0 bridgehead atoms. The maximum atomic E-state index is 11.9. The smallest absolute Gasteiger partial charge is 0.250 e. The Morgan fingerprint density at radius 3 is 2.67 bits per heavy atom. The number of hydrogen-bond acceptors (Lipinski definition) is 3. The molecule has 0 aliphatic heterocycles. The highest BCUT2D eigenvalue weighted by Gasteiger charge is 2.26. The van der Waals surface area contributed by atoms with Crippen LogP contribution in [-0.2, 0) is 11.3 Å². The van der Waals surface area contributed by atoms with Crippen LogP contribution < -0.4 is 5.56 Å². The standard InChI is InChI=1S/C13H20N2O3/c1-13(2,10-16)14(3)11(17)7-9-15-8-5-4-6-12(15)18/h4-6,8,16H,7,9-10H2,1-3H3. The third kappa shape index (κ3) is 3.43. The fraction of sp³-hybridized carbons (Fsp3) is 0.538. The van der Waals surface area contributed by atoms with Gasteiger partial charge in [-0.3, -0.25) is 9.59 Å². The number of carbonyl (C=O) groups is 1. The van der Waals surface area contributed by atoms with Gasteiger partial charge in [-0.15, -0.1) is 0 Å². The minimum atomic E-state index is -0.585. The van der Waals surface area contributed by atoms with E-state index in [1.165, 1.54) is 15.5 Å². The second-order valence-electron chi connectivity index (χ2n) is 4.91. The van der Waals surface area contributed by atoms with Crippen molar-refractivity contribution in [2.24, 2.45) is 0 Å². The number of rotatable bonds is 5. The van der Waals surface area contributed by atoms with Crippen LogP contribution in [0.5, 0.6) is 0 Å². The van der Waals surface area contributed by atoms with Crippen molar-refractivity contribution in [1.29, 1.82) is 0 Å². The largest absolute Gasteiger partial charge is 0.394 e. The van der Waals surface area contributed by atoms with E-state index in [1.807, 2.05) is 0 Å². The first-order chi connectivity index (χ1) is 8.38. The monoisotopic (exact) mass is 252 g/mol. The lowest BCUT2D eigenvalue weighted by molar-refractivity contribution is -0.136. The molecule has 0 atom stereocenters. The summed E-state index contributed by atoms with van der Waals surface area (Å²) in [5.74, 6) is -0.0928. The molecule has 5 nitrogen and oxygen atoms in total. The number of hydrogen-bond donors (Lipinski definition) is 1. The van der Waals surface area contributed by atoms with Gasteiger partial charge in [0.15, 0.2) is 0 Å². The van der Waals surface area contributed by atoms with Crippen LogP contribution in [0, 0.1) is 0 Å². The van der Waals surface area contributed by atoms with Gasteiger partial charge in [0.05, 0.1) is 12.1 Å². The Bertz CT molecular complexity index is 465. The van der Waals surface area contributed by atoms with Gasteiger partial charge in [-0.05, 0) is 19.9 Å². The fourth-order valence-corrected chi connectivity index (χ4v) is 1.47. The van der Waals surface area contributed by atoms with Gasteiger partial charge in [-0.2, -0.15) is 0 Å². The predicted octanol–water partition coefficient (Wildman–Crippen LogP) is 0.468. The summed E-state index contributed by atoms with van der Waals surface area (Å²) in [4.78, 5) is 24.9. The topological polar surface area (TPSA) is 62.5 Å². The van der Waals surface area contributed by atoms with Crippen LogP contribution in [0.25, 0.3) is 0 Å². The first kappa shape index (κ1) is 14.4. The minimum absolute atomic E-state index is 0.0928. The fourth-order valence-electron chi connectivity index (χ4n) is 1.47. The van der Waals surface area contributed by atoms with Crippen LogP contribution in [0.15, 0.2) is 29.2 Å². The van der Waals surface area contributed by atoms with Crippen LogP contribution in [-0.4, -0.2) is 39.7 Å². The molecule has 1 aromatic rings. The third-order valence-corrected chi connectivity index (χ3v) is 3.13. The van der Waals surface area contributed by atoms with E-state index in [0.29, 0.717) is 6.54 Å². The summed E-state index contributed by atoms with van der Waals surface area (Å²) in [5.41, 5.74) is -0.701. The number of aromatic nitrogens is 1. The van der Waals surface area contributed by atoms with Crippen molar-refractivity contribution in [3.05, 3.63) is 34.7 Å². The summed E-state index contributed by atoms with van der Waals surface area (Å²) < 4.78 is 1.50. The van der Waals surface area contributed by atoms with Crippen molar-refractivity contribution < 1.29 is 9.90 Å². The van der Waals surface area contributed by atoms with Gasteiger partial charge >= 0.3 is 0 Å². The van der Waals surface area contributed by atoms with E-state index in [4.69, 9.17) is 0 Å². The second kappa shape index (κ2) is 5.82. The first-order valence-corrected chi connectivity index (χ1v) is 5.91. The molecular formula is C13H20N2O3. The molecular weight excluding hydrogens is 232 g/mol. The van der Waals surface area contributed by atoms with Gasteiger partial charge in [0.25, 0.3) is 5.56 Å². The molecule has 5 heteroatoms. The number of aryl methyl sites for hydroxylation is 1. The van der Waals surface area contributed by atoms with E-state index in [-0.39, 0.29) is 24.5 Å². The number of aliphatic hydroxyl groups is 1. The Kier molecular flexibility index (Phi) is 4.67. The zero-order valence-electron chi connectivity index (χ0n) is 11.1. The Morgan fingerprint density at radius 1 is 1.44 bits per heavy atom. The summed E-state index contributed by atoms with van der Waals surface area (Å²) in [6.45, 7) is 3.84. The zero-order chi connectivity index (χ0) is 13.8. The molecule has 0 spiro atoms. The molecule has 1 N–H and O–H groups in total. The average molecular weight is 252 g/mol. The number of aliphatic hydroxyl groups excluding tert-OH is 1. The van der Waals surface area contributed by atoms with Crippen LogP contribution in [0.1, 0.15) is 20.3 Å². The van der Waals surface area contributed by atoms with Crippen molar-refractivity contribution >= 4 is 5.91 Å². The maximum Gasteiger partial charge on any atom is 0.250 e. The zero-order valence-corrected chi connectivity index (χ0v) is 11.1. The van der Waals surface area contributed by atoms with Crippen LogP contribution in [0.4, 0.5) is 0 Å². The van der Waals surface area contributed by atoms with E-state index < -0.39 is 5.54 Å². The number of carbonyl (C=O) groups excluding carboxylic acids is 1. The summed E-state index contributed by atoms with van der Waals surface area (Å²) >= 11 is 0. The quantitative estimate of drug-likeness (QED) is 0.828. The van der Waals surface area contributed by atoms with Crippen molar-refractivity contribution in [1.82, 2.24) is 9.47 Å². The van der Waals surface area contributed by atoms with Crippen LogP contribution in [0.3, 0.4) is 0 Å². The number of amides is 1. The van der Waals surface area contributed by atoms with Gasteiger partial charge in [0.1, 0.15) is 0 Å². The minimum Gasteiger partial charge on any atom is -0.394 e. The van der Waals surface area contributed by atoms with Gasteiger partial charge in [0, 0.05) is 32.3 Å². The molecule has 100 valence electrons. The van der Waals surface area contributed by atoms with Crippen LogP contribution in [0.2, 0.25) is 0 Å². The van der Waals surface area contributed by atoms with Gasteiger partial charge in [-0.25, -0.2) is 0 Å². The lowest BCUT2D eigenvalue weighted by atomic mass is 10.0. The van der Waals surface area contributed by atoms with E-state index >= 15 is 0 Å². The van der Waals surface area contributed by atoms with Crippen molar-refractivity contribution in [2.45, 2.75) is 32.4 Å². The number of pyridine rings is 1. The molecule has 1 amide bonds. The summed E-state index contributed by atoms with van der Waals surface area (Å²) in [5, 5.41) is 9.19. The van der Waals surface area contributed by atoms with Crippen molar-refractivity contribution in [3.8, 4) is 0 Å². The lowest BCUT2D eigenvalue weighted by Gasteiger charge is -2.34. The Hall–Kier alpha value is -1.62. The van der Waals surface area contributed by atoms with Gasteiger partial charge in [-0.1, -0.05) is 6.07 Å². The molecule has 1 heterocycles. The van der Waals surface area contributed by atoms with E-state index in [9.17, 15) is 14.7 Å². The molecule has 0 aromatic carbocycles. The lowest BCUT2D eigenvalue weighted by Crippen LogP contribution is -2.47. The Balaban J connectivity index is 2.62. The van der Waals surface area contributed by atoms with Crippen molar-refractivity contribution in [2.75, 3.05) is 13.7 Å². The Morgan fingerprint density at radius 2 is 2.11 bits per heavy atom. The van der Waals surface area contributed by atoms with E-state index in [2.05, 4.69) is 0 Å². The molecule has 0 unspecified atom stereocenters. The molecule has 0 aliphatic carbocycles. The molecule has 0 aliphatic rings. The van der Waals surface area contributed by atoms with E-state index in [1.54, 1.807) is 39.2 Å². The van der Waals surface area contributed by atoms with Gasteiger partial charge in [0.2, 0.25) is 5.91 Å². The second-order valence-corrected chi connectivity index (χ2v) is 4.91. The highest BCUT2D eigenvalue weighted by molar-refractivity contribution is 5.76. The predicted molar refractivity (Wildman–Crippen MR) is 69.3 cm³/mol. The first-order valence-electron chi connectivity index (χ1n) is 5.91. The number of nitrogens with zero attached hydrogens (tertiary/aromatic N) is 2. The third-order valence-electron chi connectivity index (χ3n) is 3.13. The molecule has 0 fully saturated rings. The highest BCUT2D eigenvalue weighted by Crippen LogP contribution is 2.12. The van der Waals surface area contributed by atoms with Gasteiger partial charge < -0.3 is 14.6 Å².